The Hall–Kier alpha value is -0.560. The van der Waals surface area contributed by atoms with Gasteiger partial charge in [-0.2, -0.15) is 0 Å². The Bertz CT molecular complexity index is 542. The van der Waals surface area contributed by atoms with Crippen LogP contribution in [0.4, 0.5) is 11.4 Å². The third-order valence-electron chi connectivity index (χ3n) is 2.30. The molecule has 0 atom stereocenters. The topological polar surface area (TPSA) is 50.9 Å². The number of nitrogens with zero attached hydrogens (tertiary/aromatic N) is 1. The number of rotatable bonds is 2. The first-order chi connectivity index (χ1) is 7.65. The average molecular weight is 392 g/mol. The normalized spacial score (nSPS) is 10.7. The minimum Gasteiger partial charge on any atom is -0.396 e. The van der Waals surface area contributed by atoms with Crippen molar-refractivity contribution in [1.29, 1.82) is 0 Å². The summed E-state index contributed by atoms with van der Waals surface area (Å²) in [5, 5.41) is 4.34. The monoisotopic (exact) mass is 391 g/mol. The molecule has 0 amide bonds. The molecule has 0 unspecified atom stereocenters. The van der Waals surface area contributed by atoms with Gasteiger partial charge in [-0.1, -0.05) is 15.9 Å². The highest BCUT2D eigenvalue weighted by molar-refractivity contribution is 14.1. The van der Waals surface area contributed by atoms with Crippen molar-refractivity contribution in [1.82, 2.24) is 4.98 Å². The lowest BCUT2D eigenvalue weighted by molar-refractivity contribution is 1.21. The van der Waals surface area contributed by atoms with E-state index in [2.05, 4.69) is 48.8 Å². The first-order valence-electron chi connectivity index (χ1n) is 4.91. The molecule has 84 valence electrons. The Balaban J connectivity index is 2.85. The molecule has 0 fully saturated rings. The molecular formula is C11H11BrIN3. The zero-order chi connectivity index (χ0) is 11.7. The van der Waals surface area contributed by atoms with Gasteiger partial charge in [0.05, 0.1) is 23.1 Å². The number of hydrogen-bond donors (Lipinski definition) is 2. The van der Waals surface area contributed by atoms with Gasteiger partial charge in [0.15, 0.2) is 0 Å². The molecule has 3 N–H and O–H groups in total. The second-order valence-corrected chi connectivity index (χ2v) is 5.39. The van der Waals surface area contributed by atoms with Gasteiger partial charge in [-0.25, -0.2) is 0 Å². The van der Waals surface area contributed by atoms with Gasteiger partial charge in [-0.05, 0) is 41.6 Å². The van der Waals surface area contributed by atoms with Gasteiger partial charge in [0.1, 0.15) is 0 Å². The van der Waals surface area contributed by atoms with Crippen LogP contribution in [-0.2, 0) is 0 Å². The predicted molar refractivity (Wildman–Crippen MR) is 80.7 cm³/mol. The molecule has 0 aliphatic rings. The first-order valence-corrected chi connectivity index (χ1v) is 6.78. The van der Waals surface area contributed by atoms with Crippen LogP contribution in [0.5, 0.6) is 0 Å². The molecule has 5 heteroatoms. The highest BCUT2D eigenvalue weighted by Gasteiger charge is 2.11. The molecular weight excluding hydrogens is 381 g/mol. The van der Waals surface area contributed by atoms with Crippen LogP contribution in [0.2, 0.25) is 0 Å². The fourth-order valence-corrected chi connectivity index (χ4v) is 2.72. The average Bonchev–Trinajstić information content (AvgIpc) is 2.27. The summed E-state index contributed by atoms with van der Waals surface area (Å²) in [6.07, 6.45) is 1.70. The van der Waals surface area contributed by atoms with E-state index in [1.54, 1.807) is 6.20 Å². The van der Waals surface area contributed by atoms with Crippen LogP contribution < -0.4 is 11.1 Å². The summed E-state index contributed by atoms with van der Waals surface area (Å²) in [5.41, 5.74) is 8.55. The van der Waals surface area contributed by atoms with E-state index in [9.17, 15) is 0 Å². The lowest BCUT2D eigenvalue weighted by atomic mass is 10.1. The minimum absolute atomic E-state index is 0.678. The van der Waals surface area contributed by atoms with Crippen LogP contribution >= 0.6 is 38.5 Å². The fraction of sp³-hybridized carbons (Fsp3) is 0.182. The highest BCUT2D eigenvalue weighted by atomic mass is 127. The van der Waals surface area contributed by atoms with Gasteiger partial charge in [0.2, 0.25) is 0 Å². The SMILES string of the molecule is CCNc1c(N)cnc2c(I)ccc(Br)c12. The van der Waals surface area contributed by atoms with Crippen molar-refractivity contribution in [3.63, 3.8) is 0 Å². The summed E-state index contributed by atoms with van der Waals surface area (Å²) in [5.74, 6) is 0. The lowest BCUT2D eigenvalue weighted by Gasteiger charge is -2.12. The van der Waals surface area contributed by atoms with E-state index in [-0.39, 0.29) is 0 Å². The Morgan fingerprint density at radius 2 is 2.25 bits per heavy atom. The zero-order valence-corrected chi connectivity index (χ0v) is 12.5. The standard InChI is InChI=1S/C11H11BrIN3/c1-2-15-11-8(14)5-16-10-7(13)4-3-6(12)9(10)11/h3-5H,2,14H2,1H3,(H,15,16). The third-order valence-corrected chi connectivity index (χ3v) is 3.83. The molecule has 2 rings (SSSR count). The molecule has 16 heavy (non-hydrogen) atoms. The molecule has 0 saturated heterocycles. The van der Waals surface area contributed by atoms with Gasteiger partial charge in [0.25, 0.3) is 0 Å². The van der Waals surface area contributed by atoms with Gasteiger partial charge in [0, 0.05) is 20.0 Å². The van der Waals surface area contributed by atoms with Crippen LogP contribution in [0.3, 0.4) is 0 Å². The molecule has 1 heterocycles. The molecule has 0 saturated carbocycles. The first kappa shape index (κ1) is 11.9. The lowest BCUT2D eigenvalue weighted by Crippen LogP contribution is -2.03. The third kappa shape index (κ3) is 1.98. The van der Waals surface area contributed by atoms with Crippen molar-refractivity contribution in [2.45, 2.75) is 6.92 Å². The largest absolute Gasteiger partial charge is 0.396 e. The second kappa shape index (κ2) is 4.75. The Labute approximate surface area is 116 Å². The van der Waals surface area contributed by atoms with Crippen LogP contribution in [0, 0.1) is 3.57 Å². The Morgan fingerprint density at radius 1 is 1.50 bits per heavy atom. The molecule has 0 aliphatic heterocycles. The van der Waals surface area contributed by atoms with E-state index in [0.29, 0.717) is 5.69 Å². The van der Waals surface area contributed by atoms with Crippen molar-refractivity contribution in [2.75, 3.05) is 17.6 Å². The summed E-state index contributed by atoms with van der Waals surface area (Å²) >= 11 is 5.83. The summed E-state index contributed by atoms with van der Waals surface area (Å²) in [4.78, 5) is 4.38. The number of nitrogens with one attached hydrogen (secondary N) is 1. The number of halogens is 2. The van der Waals surface area contributed by atoms with E-state index in [4.69, 9.17) is 5.73 Å². The molecule has 2 aromatic rings. The van der Waals surface area contributed by atoms with E-state index in [1.165, 1.54) is 0 Å². The van der Waals surface area contributed by atoms with Crippen LogP contribution in [0.25, 0.3) is 10.9 Å². The van der Waals surface area contributed by atoms with Crippen LogP contribution in [-0.4, -0.2) is 11.5 Å². The van der Waals surface area contributed by atoms with Crippen LogP contribution in [0.15, 0.2) is 22.8 Å². The number of fused-ring (bicyclic) bond motifs is 1. The number of nitrogens with two attached hydrogens (primary N) is 1. The molecule has 0 spiro atoms. The van der Waals surface area contributed by atoms with Crippen molar-refractivity contribution in [2.24, 2.45) is 0 Å². The van der Waals surface area contributed by atoms with E-state index in [0.717, 1.165) is 31.2 Å². The number of pyridine rings is 1. The van der Waals surface area contributed by atoms with Crippen molar-refractivity contribution >= 4 is 60.8 Å². The smallest absolute Gasteiger partial charge is 0.0869 e. The molecule has 3 nitrogen and oxygen atoms in total. The highest BCUT2D eigenvalue weighted by Crippen LogP contribution is 2.35. The van der Waals surface area contributed by atoms with Crippen molar-refractivity contribution < 1.29 is 0 Å². The number of benzene rings is 1. The fourth-order valence-electron chi connectivity index (χ4n) is 1.62. The molecule has 1 aromatic heterocycles. The maximum Gasteiger partial charge on any atom is 0.0869 e. The summed E-state index contributed by atoms with van der Waals surface area (Å²) < 4.78 is 2.13. The van der Waals surface area contributed by atoms with Gasteiger partial charge in [-0.3, -0.25) is 4.98 Å². The number of hydrogen-bond acceptors (Lipinski definition) is 3. The van der Waals surface area contributed by atoms with Gasteiger partial charge < -0.3 is 11.1 Å². The predicted octanol–water partition coefficient (Wildman–Crippen LogP) is 3.62. The Kier molecular flexibility index (Phi) is 3.53. The summed E-state index contributed by atoms with van der Waals surface area (Å²) in [7, 11) is 0. The molecule has 0 bridgehead atoms. The van der Waals surface area contributed by atoms with Crippen molar-refractivity contribution in [3.8, 4) is 0 Å². The Morgan fingerprint density at radius 3 is 2.94 bits per heavy atom. The van der Waals surface area contributed by atoms with Gasteiger partial charge in [-0.15, -0.1) is 0 Å². The minimum atomic E-state index is 0.678. The van der Waals surface area contributed by atoms with Crippen LogP contribution in [0.1, 0.15) is 6.92 Å². The zero-order valence-electron chi connectivity index (χ0n) is 8.72. The van der Waals surface area contributed by atoms with E-state index >= 15 is 0 Å². The summed E-state index contributed by atoms with van der Waals surface area (Å²) in [6, 6.07) is 4.05. The maximum atomic E-state index is 5.94. The molecule has 0 radical (unpaired) electrons. The summed E-state index contributed by atoms with van der Waals surface area (Å²) in [6.45, 7) is 2.88. The number of nitrogen functional groups attached to an aromatic ring is 1. The van der Waals surface area contributed by atoms with Gasteiger partial charge >= 0.3 is 0 Å². The van der Waals surface area contributed by atoms with Crippen molar-refractivity contribution in [3.05, 3.63) is 26.4 Å². The number of anilines is 2. The van der Waals surface area contributed by atoms with E-state index in [1.807, 2.05) is 19.1 Å². The number of aromatic nitrogens is 1. The molecule has 0 aliphatic carbocycles. The molecule has 1 aromatic carbocycles. The second-order valence-electron chi connectivity index (χ2n) is 3.37. The quantitative estimate of drug-likeness (QED) is 0.768. The van der Waals surface area contributed by atoms with E-state index < -0.39 is 0 Å². The maximum absolute atomic E-state index is 5.94.